The molecule has 0 amide bonds. The lowest BCUT2D eigenvalue weighted by atomic mass is 10.1. The van der Waals surface area contributed by atoms with E-state index in [-0.39, 0.29) is 0 Å². The molecule has 1 aromatic carbocycles. The summed E-state index contributed by atoms with van der Waals surface area (Å²) in [4.78, 5) is 7.03. The Bertz CT molecular complexity index is 565. The molecule has 0 atom stereocenters. The van der Waals surface area contributed by atoms with E-state index in [1.807, 2.05) is 6.92 Å². The highest BCUT2D eigenvalue weighted by molar-refractivity contribution is 5.79. The van der Waals surface area contributed by atoms with Crippen molar-refractivity contribution in [1.29, 1.82) is 0 Å². The van der Waals surface area contributed by atoms with Crippen molar-refractivity contribution in [3.8, 4) is 0 Å². The maximum absolute atomic E-state index is 4.54. The van der Waals surface area contributed by atoms with E-state index in [4.69, 9.17) is 0 Å². The van der Waals surface area contributed by atoms with Gasteiger partial charge in [-0.05, 0) is 50.2 Å². The predicted molar refractivity (Wildman–Crippen MR) is 90.6 cm³/mol. The Kier molecular flexibility index (Phi) is 6.15. The minimum absolute atomic E-state index is 0.924. The van der Waals surface area contributed by atoms with Gasteiger partial charge in [-0.3, -0.25) is 4.98 Å². The van der Waals surface area contributed by atoms with Gasteiger partial charge in [-0.1, -0.05) is 26.0 Å². The summed E-state index contributed by atoms with van der Waals surface area (Å²) in [6.45, 7) is 11.9. The van der Waals surface area contributed by atoms with Gasteiger partial charge in [-0.2, -0.15) is 0 Å². The largest absolute Gasteiger partial charge is 0.311 e. The molecule has 2 aromatic rings. The average molecular weight is 285 g/mol. The Labute approximate surface area is 128 Å². The Balaban J connectivity index is 1.84. The lowest BCUT2D eigenvalue weighted by Gasteiger charge is -2.19. The third-order valence-electron chi connectivity index (χ3n) is 3.81. The normalized spacial score (nSPS) is 11.4. The number of hydrogen-bond donors (Lipinski definition) is 1. The van der Waals surface area contributed by atoms with Crippen LogP contribution in [0.5, 0.6) is 0 Å². The highest BCUT2D eigenvalue weighted by Crippen LogP contribution is 2.14. The number of aryl methyl sites for hydroxylation is 1. The Morgan fingerprint density at radius 1 is 1.10 bits per heavy atom. The minimum atomic E-state index is 0.924. The number of pyridine rings is 1. The Hall–Kier alpha value is -1.45. The first-order chi connectivity index (χ1) is 10.2. The lowest BCUT2D eigenvalue weighted by molar-refractivity contribution is 0.287. The molecule has 0 aliphatic heterocycles. The van der Waals surface area contributed by atoms with E-state index in [2.05, 4.69) is 59.4 Å². The maximum atomic E-state index is 4.54. The van der Waals surface area contributed by atoms with Crippen molar-refractivity contribution < 1.29 is 0 Å². The molecule has 114 valence electrons. The molecule has 0 aliphatic carbocycles. The van der Waals surface area contributed by atoms with Gasteiger partial charge in [0.15, 0.2) is 0 Å². The second kappa shape index (κ2) is 8.11. The first-order valence-electron chi connectivity index (χ1n) is 8.02. The average Bonchev–Trinajstić information content (AvgIpc) is 2.50. The predicted octanol–water partition coefficient (Wildman–Crippen LogP) is 3.36. The van der Waals surface area contributed by atoms with Crippen LogP contribution in [0.4, 0.5) is 0 Å². The molecule has 3 nitrogen and oxygen atoms in total. The zero-order valence-corrected chi connectivity index (χ0v) is 13.5. The van der Waals surface area contributed by atoms with Crippen molar-refractivity contribution in [1.82, 2.24) is 15.2 Å². The topological polar surface area (TPSA) is 28.2 Å². The summed E-state index contributed by atoms with van der Waals surface area (Å²) in [5, 5.41) is 4.76. The Morgan fingerprint density at radius 3 is 2.71 bits per heavy atom. The van der Waals surface area contributed by atoms with Crippen LogP contribution in [0.2, 0.25) is 0 Å². The number of hydrogen-bond acceptors (Lipinski definition) is 3. The monoisotopic (exact) mass is 285 g/mol. The quantitative estimate of drug-likeness (QED) is 0.754. The van der Waals surface area contributed by atoms with Crippen LogP contribution in [0.1, 0.15) is 31.5 Å². The van der Waals surface area contributed by atoms with Crippen molar-refractivity contribution in [2.75, 3.05) is 26.2 Å². The first-order valence-corrected chi connectivity index (χ1v) is 8.02. The molecule has 0 bridgehead atoms. The summed E-state index contributed by atoms with van der Waals surface area (Å²) >= 11 is 0. The van der Waals surface area contributed by atoms with E-state index < -0.39 is 0 Å². The second-order valence-corrected chi connectivity index (χ2v) is 5.59. The number of nitrogens with one attached hydrogen (secondary N) is 1. The number of aromatic nitrogens is 1. The number of rotatable bonds is 8. The molecule has 1 N–H and O–H groups in total. The van der Waals surface area contributed by atoms with Gasteiger partial charge in [0.25, 0.3) is 0 Å². The first kappa shape index (κ1) is 15.9. The summed E-state index contributed by atoms with van der Waals surface area (Å²) in [5.41, 5.74) is 3.48. The van der Waals surface area contributed by atoms with E-state index in [0.29, 0.717) is 0 Å². The Morgan fingerprint density at radius 2 is 1.95 bits per heavy atom. The molecule has 0 spiro atoms. The van der Waals surface area contributed by atoms with Gasteiger partial charge in [0.1, 0.15) is 0 Å². The highest BCUT2D eigenvalue weighted by Gasteiger charge is 2.01. The molecule has 0 aliphatic rings. The molecule has 3 heteroatoms. The summed E-state index contributed by atoms with van der Waals surface area (Å²) < 4.78 is 0. The summed E-state index contributed by atoms with van der Waals surface area (Å²) in [7, 11) is 0. The molecule has 21 heavy (non-hydrogen) atoms. The molecule has 0 radical (unpaired) electrons. The molecule has 0 unspecified atom stereocenters. The molecule has 0 fully saturated rings. The number of fused-ring (bicyclic) bond motifs is 1. The fourth-order valence-corrected chi connectivity index (χ4v) is 2.60. The third-order valence-corrected chi connectivity index (χ3v) is 3.81. The fourth-order valence-electron chi connectivity index (χ4n) is 2.60. The van der Waals surface area contributed by atoms with Crippen molar-refractivity contribution in [3.05, 3.63) is 41.6 Å². The smallest absolute Gasteiger partial charge is 0.0705 e. The zero-order chi connectivity index (χ0) is 15.1. The van der Waals surface area contributed by atoms with Gasteiger partial charge in [0, 0.05) is 30.7 Å². The lowest BCUT2D eigenvalue weighted by Crippen LogP contribution is -2.32. The molecule has 0 saturated carbocycles. The van der Waals surface area contributed by atoms with Crippen LogP contribution in [0.3, 0.4) is 0 Å². The molecular weight excluding hydrogens is 258 g/mol. The van der Waals surface area contributed by atoms with E-state index >= 15 is 0 Å². The van der Waals surface area contributed by atoms with Crippen LogP contribution in [-0.2, 0) is 6.54 Å². The molecule has 2 rings (SSSR count). The van der Waals surface area contributed by atoms with Crippen LogP contribution in [0.15, 0.2) is 30.3 Å². The van der Waals surface area contributed by atoms with Crippen LogP contribution in [0, 0.1) is 6.92 Å². The van der Waals surface area contributed by atoms with Crippen LogP contribution >= 0.6 is 0 Å². The maximum Gasteiger partial charge on any atom is 0.0705 e. The SMILES string of the molecule is CCCN(CC)CCNCc1ccc2nc(C)ccc2c1. The standard InChI is InChI=1S/C18H27N3/c1-4-11-21(5-2)12-10-19-14-16-7-9-18-17(13-16)8-6-15(3)20-18/h6-9,13,19H,4-5,10-12,14H2,1-3H3. The van der Waals surface area contributed by atoms with Gasteiger partial charge in [0.05, 0.1) is 5.52 Å². The van der Waals surface area contributed by atoms with E-state index in [1.165, 1.54) is 23.9 Å². The van der Waals surface area contributed by atoms with E-state index in [1.54, 1.807) is 0 Å². The van der Waals surface area contributed by atoms with Crippen LogP contribution in [-0.4, -0.2) is 36.1 Å². The minimum Gasteiger partial charge on any atom is -0.311 e. The number of nitrogens with zero attached hydrogens (tertiary/aromatic N) is 2. The highest BCUT2D eigenvalue weighted by atomic mass is 15.1. The zero-order valence-electron chi connectivity index (χ0n) is 13.5. The van der Waals surface area contributed by atoms with Crippen LogP contribution < -0.4 is 5.32 Å². The van der Waals surface area contributed by atoms with Gasteiger partial charge in [-0.15, -0.1) is 0 Å². The molecule has 1 heterocycles. The van der Waals surface area contributed by atoms with E-state index in [0.717, 1.165) is 37.4 Å². The van der Waals surface area contributed by atoms with Crippen molar-refractivity contribution in [2.24, 2.45) is 0 Å². The molecule has 1 aromatic heterocycles. The van der Waals surface area contributed by atoms with Gasteiger partial charge < -0.3 is 10.2 Å². The summed E-state index contributed by atoms with van der Waals surface area (Å²) in [6.07, 6.45) is 1.23. The number of likely N-dealkylation sites (N-methyl/N-ethyl adjacent to an activating group) is 1. The third kappa shape index (κ3) is 4.80. The van der Waals surface area contributed by atoms with Crippen molar-refractivity contribution >= 4 is 10.9 Å². The van der Waals surface area contributed by atoms with E-state index in [9.17, 15) is 0 Å². The van der Waals surface area contributed by atoms with Crippen LogP contribution in [0.25, 0.3) is 10.9 Å². The second-order valence-electron chi connectivity index (χ2n) is 5.59. The fraction of sp³-hybridized carbons (Fsp3) is 0.500. The van der Waals surface area contributed by atoms with Crippen molar-refractivity contribution in [3.63, 3.8) is 0 Å². The summed E-state index contributed by atoms with van der Waals surface area (Å²) in [6, 6.07) is 10.8. The molecular formula is C18H27N3. The molecule has 0 saturated heterocycles. The number of benzene rings is 1. The van der Waals surface area contributed by atoms with Gasteiger partial charge in [-0.25, -0.2) is 0 Å². The van der Waals surface area contributed by atoms with Gasteiger partial charge in [0.2, 0.25) is 0 Å². The summed E-state index contributed by atoms with van der Waals surface area (Å²) in [5.74, 6) is 0. The van der Waals surface area contributed by atoms with Crippen molar-refractivity contribution in [2.45, 2.75) is 33.7 Å². The van der Waals surface area contributed by atoms with Gasteiger partial charge >= 0.3 is 0 Å².